The number of allylic oxidation sites excluding steroid dienone is 4. The van der Waals surface area contributed by atoms with E-state index in [1.54, 1.807) is 30.3 Å². The fourth-order valence-electron chi connectivity index (χ4n) is 3.66. The summed E-state index contributed by atoms with van der Waals surface area (Å²) in [7, 11) is 0. The van der Waals surface area contributed by atoms with Gasteiger partial charge in [0.15, 0.2) is 5.78 Å². The first kappa shape index (κ1) is 25.8. The van der Waals surface area contributed by atoms with Gasteiger partial charge in [0.2, 0.25) is 0 Å². The number of ether oxygens (including phenoxy) is 2. The van der Waals surface area contributed by atoms with Gasteiger partial charge >= 0.3 is 6.18 Å². The quantitative estimate of drug-likeness (QED) is 0.386. The largest absolute Gasteiger partial charge is 0.492 e. The molecule has 0 aliphatic carbocycles. The molecule has 2 aromatic carbocycles. The fourth-order valence-corrected chi connectivity index (χ4v) is 3.66. The molecule has 1 unspecified atom stereocenters. The average molecular weight is 482 g/mol. The predicted octanol–water partition coefficient (Wildman–Crippen LogP) is 7.43. The number of alkyl halides is 3. The zero-order chi connectivity index (χ0) is 25.6. The summed E-state index contributed by atoms with van der Waals surface area (Å²) in [6.07, 6.45) is -0.701. The molecule has 0 fully saturated rings. The number of ketones is 1. The highest BCUT2D eigenvalue weighted by atomic mass is 19.4. The highest BCUT2D eigenvalue weighted by molar-refractivity contribution is 5.99. The Kier molecular flexibility index (Phi) is 8.18. The van der Waals surface area contributed by atoms with Crippen LogP contribution in [0.25, 0.3) is 0 Å². The average Bonchev–Trinajstić information content (AvgIpc) is 2.84. The third-order valence-electron chi connectivity index (χ3n) is 5.73. The minimum Gasteiger partial charge on any atom is -0.492 e. The minimum atomic E-state index is -4.62. The van der Waals surface area contributed by atoms with Crippen LogP contribution in [0.1, 0.15) is 61.2 Å². The Morgan fingerprint density at radius 2 is 1.91 bits per heavy atom. The van der Waals surface area contributed by atoms with Crippen LogP contribution in [0.5, 0.6) is 11.5 Å². The van der Waals surface area contributed by atoms with Gasteiger partial charge in [-0.3, -0.25) is 4.79 Å². The highest BCUT2D eigenvalue weighted by Crippen LogP contribution is 2.41. The van der Waals surface area contributed by atoms with Gasteiger partial charge in [-0.25, -0.2) is 0 Å². The van der Waals surface area contributed by atoms with E-state index in [0.717, 1.165) is 11.6 Å². The molecule has 0 amide bonds. The van der Waals surface area contributed by atoms with Gasteiger partial charge in [-0.15, -0.1) is 0 Å². The molecule has 1 atom stereocenters. The van der Waals surface area contributed by atoms with Crippen LogP contribution in [-0.4, -0.2) is 18.6 Å². The molecule has 4 nitrogen and oxygen atoms in total. The van der Waals surface area contributed by atoms with Crippen LogP contribution in [0.4, 0.5) is 13.2 Å². The Bertz CT molecular complexity index is 1220. The van der Waals surface area contributed by atoms with Gasteiger partial charge in [-0.2, -0.15) is 18.4 Å². The summed E-state index contributed by atoms with van der Waals surface area (Å²) in [5, 5.41) is 9.15. The van der Waals surface area contributed by atoms with Crippen molar-refractivity contribution in [2.24, 2.45) is 0 Å². The minimum absolute atomic E-state index is 0.0597. The molecule has 7 heteroatoms. The molecule has 0 bridgehead atoms. The Morgan fingerprint density at radius 1 is 1.20 bits per heavy atom. The van der Waals surface area contributed by atoms with Crippen molar-refractivity contribution in [3.05, 3.63) is 94.1 Å². The van der Waals surface area contributed by atoms with Crippen molar-refractivity contribution in [2.75, 3.05) is 6.61 Å². The smallest absolute Gasteiger partial charge is 0.416 e. The molecular weight excluding hydrogens is 455 g/mol. The number of hydrogen-bond acceptors (Lipinski definition) is 4. The molecule has 1 aliphatic rings. The van der Waals surface area contributed by atoms with E-state index in [-0.39, 0.29) is 30.1 Å². The molecule has 0 spiro atoms. The number of carbonyl (C=O) groups is 1. The van der Waals surface area contributed by atoms with E-state index in [9.17, 15) is 18.0 Å². The normalized spacial score (nSPS) is 15.7. The zero-order valence-electron chi connectivity index (χ0n) is 19.8. The second-order valence-electron chi connectivity index (χ2n) is 8.10. The number of carbonyl (C=O) groups excluding carboxylic acids is 1. The topological polar surface area (TPSA) is 59.3 Å². The molecule has 1 aliphatic heterocycles. The first-order chi connectivity index (χ1) is 16.7. The van der Waals surface area contributed by atoms with Crippen LogP contribution >= 0.6 is 0 Å². The molecule has 3 rings (SSSR count). The van der Waals surface area contributed by atoms with Gasteiger partial charge in [-0.05, 0) is 50.1 Å². The molecule has 0 saturated carbocycles. The van der Waals surface area contributed by atoms with E-state index in [4.69, 9.17) is 14.7 Å². The number of benzene rings is 2. The molecule has 0 aromatic heterocycles. The SMILES string of the molecule is C\C=C(/C(=C\C=C(/C)CC)C(Oc1ccc2c(c1)OCCC2=O)c1ccc(C#N)cc1)C(F)(F)F. The lowest BCUT2D eigenvalue weighted by Gasteiger charge is -2.26. The standard InChI is InChI=1S/C28H26F3NO3/c1-4-18(3)6-12-22(24(5-2)28(29,30)31)27(20-9-7-19(17-32)8-10-20)35-21-11-13-23-25(33)14-15-34-26(23)16-21/h5-13,16,27H,4,14-15H2,1-3H3/b18-6+,22-12+,24-5+. The van der Waals surface area contributed by atoms with E-state index < -0.39 is 17.9 Å². The van der Waals surface area contributed by atoms with Gasteiger partial charge in [0.25, 0.3) is 0 Å². The lowest BCUT2D eigenvalue weighted by Crippen LogP contribution is -2.21. The third-order valence-corrected chi connectivity index (χ3v) is 5.73. The number of nitriles is 1. The monoisotopic (exact) mass is 481 g/mol. The van der Waals surface area contributed by atoms with Crippen molar-refractivity contribution in [3.63, 3.8) is 0 Å². The number of halogens is 3. The highest BCUT2D eigenvalue weighted by Gasteiger charge is 2.39. The third kappa shape index (κ3) is 6.21. The van der Waals surface area contributed by atoms with E-state index in [1.165, 1.54) is 31.2 Å². The summed E-state index contributed by atoms with van der Waals surface area (Å²) < 4.78 is 54.0. The Morgan fingerprint density at radius 3 is 2.51 bits per heavy atom. The Labute approximate surface area is 203 Å². The second kappa shape index (κ2) is 11.1. The predicted molar refractivity (Wildman–Crippen MR) is 127 cm³/mol. The van der Waals surface area contributed by atoms with Crippen LogP contribution in [0.2, 0.25) is 0 Å². The second-order valence-corrected chi connectivity index (χ2v) is 8.10. The molecule has 0 N–H and O–H groups in total. The number of hydrogen-bond donors (Lipinski definition) is 0. The van der Waals surface area contributed by atoms with Crippen LogP contribution < -0.4 is 9.47 Å². The lowest BCUT2D eigenvalue weighted by molar-refractivity contribution is -0.0908. The zero-order valence-corrected chi connectivity index (χ0v) is 19.8. The van der Waals surface area contributed by atoms with Crippen molar-refractivity contribution in [3.8, 4) is 17.6 Å². The molecule has 1 heterocycles. The van der Waals surface area contributed by atoms with Gasteiger partial charge in [-0.1, -0.05) is 42.9 Å². The van der Waals surface area contributed by atoms with Crippen molar-refractivity contribution >= 4 is 5.78 Å². The number of rotatable bonds is 7. The first-order valence-corrected chi connectivity index (χ1v) is 11.3. The van der Waals surface area contributed by atoms with E-state index in [1.807, 2.05) is 19.9 Å². The van der Waals surface area contributed by atoms with Crippen molar-refractivity contribution in [1.82, 2.24) is 0 Å². The summed E-state index contributed by atoms with van der Waals surface area (Å²) in [4.78, 5) is 12.1. The molecule has 0 radical (unpaired) electrons. The summed E-state index contributed by atoms with van der Waals surface area (Å²) in [5.41, 5.74) is 1.24. The van der Waals surface area contributed by atoms with Crippen molar-refractivity contribution in [1.29, 1.82) is 5.26 Å². The maximum atomic E-state index is 14.1. The Hall–Kier alpha value is -3.79. The van der Waals surface area contributed by atoms with E-state index in [0.29, 0.717) is 28.9 Å². The fraction of sp³-hybridized carbons (Fsp3) is 0.286. The maximum Gasteiger partial charge on any atom is 0.416 e. The van der Waals surface area contributed by atoms with Gasteiger partial charge in [0.05, 0.1) is 29.4 Å². The number of fused-ring (bicyclic) bond motifs is 1. The molecule has 35 heavy (non-hydrogen) atoms. The van der Waals surface area contributed by atoms with Crippen molar-refractivity contribution in [2.45, 2.75) is 45.9 Å². The maximum absolute atomic E-state index is 14.1. The molecular formula is C28H26F3NO3. The van der Waals surface area contributed by atoms with Crippen LogP contribution in [0.15, 0.2) is 77.4 Å². The molecule has 182 valence electrons. The van der Waals surface area contributed by atoms with E-state index in [2.05, 4.69) is 0 Å². The number of Topliss-reactive ketones (excluding diaryl/α,β-unsaturated/α-hetero) is 1. The number of nitrogens with zero attached hydrogens (tertiary/aromatic N) is 1. The molecule has 2 aromatic rings. The van der Waals surface area contributed by atoms with Crippen LogP contribution in [0, 0.1) is 11.3 Å². The van der Waals surface area contributed by atoms with Gasteiger partial charge < -0.3 is 9.47 Å². The summed E-state index contributed by atoms with van der Waals surface area (Å²) in [5.74, 6) is 0.537. The van der Waals surface area contributed by atoms with E-state index >= 15 is 0 Å². The lowest BCUT2D eigenvalue weighted by atomic mass is 9.92. The van der Waals surface area contributed by atoms with Crippen LogP contribution in [-0.2, 0) is 0 Å². The van der Waals surface area contributed by atoms with Crippen LogP contribution in [0.3, 0.4) is 0 Å². The van der Waals surface area contributed by atoms with Gasteiger partial charge in [0.1, 0.15) is 17.6 Å². The molecule has 0 saturated heterocycles. The van der Waals surface area contributed by atoms with Gasteiger partial charge in [0, 0.05) is 18.1 Å². The summed E-state index contributed by atoms with van der Waals surface area (Å²) in [6, 6.07) is 12.9. The first-order valence-electron chi connectivity index (χ1n) is 11.3. The summed E-state index contributed by atoms with van der Waals surface area (Å²) in [6.45, 7) is 5.33. The summed E-state index contributed by atoms with van der Waals surface area (Å²) >= 11 is 0. The Balaban J connectivity index is 2.16. The van der Waals surface area contributed by atoms with Crippen molar-refractivity contribution < 1.29 is 27.4 Å².